The number of aromatic nitrogens is 1. The lowest BCUT2D eigenvalue weighted by molar-refractivity contribution is 0.0525. The van der Waals surface area contributed by atoms with Gasteiger partial charge in [0.2, 0.25) is 0 Å². The van der Waals surface area contributed by atoms with Crippen molar-refractivity contribution in [2.75, 3.05) is 13.2 Å². The number of ether oxygens (including phenoxy) is 2. The molecule has 0 fully saturated rings. The highest BCUT2D eigenvalue weighted by molar-refractivity contribution is 5.91. The van der Waals surface area contributed by atoms with Crippen molar-refractivity contribution in [3.05, 3.63) is 77.6 Å². The van der Waals surface area contributed by atoms with E-state index in [1.807, 2.05) is 74.6 Å². The van der Waals surface area contributed by atoms with E-state index in [0.29, 0.717) is 18.8 Å². The molecule has 0 saturated heterocycles. The number of esters is 1. The molecular formula is C20H21NO3. The molecule has 0 aliphatic heterocycles. The molecule has 0 spiro atoms. The van der Waals surface area contributed by atoms with Crippen LogP contribution in [-0.4, -0.2) is 23.6 Å². The fourth-order valence-electron chi connectivity index (χ4n) is 2.86. The van der Waals surface area contributed by atoms with Gasteiger partial charge < -0.3 is 13.9 Å². The Balaban J connectivity index is 2.14. The van der Waals surface area contributed by atoms with Crippen LogP contribution in [0.15, 0.2) is 60.8 Å². The molecule has 0 aliphatic rings. The molecule has 1 unspecified atom stereocenters. The normalized spacial score (nSPS) is 12.2. The zero-order valence-electron chi connectivity index (χ0n) is 13.9. The summed E-state index contributed by atoms with van der Waals surface area (Å²) in [6.45, 7) is 4.71. The molecule has 3 aromatic rings. The van der Waals surface area contributed by atoms with E-state index in [4.69, 9.17) is 9.47 Å². The van der Waals surface area contributed by atoms with Crippen LogP contribution >= 0.6 is 0 Å². The lowest BCUT2D eigenvalue weighted by Crippen LogP contribution is -2.13. The monoisotopic (exact) mass is 323 g/mol. The molecule has 3 rings (SSSR count). The van der Waals surface area contributed by atoms with Crippen LogP contribution in [0.3, 0.4) is 0 Å². The van der Waals surface area contributed by atoms with Gasteiger partial charge in [-0.1, -0.05) is 30.3 Å². The number of pyridine rings is 1. The van der Waals surface area contributed by atoms with Crippen LogP contribution in [0.25, 0.3) is 5.52 Å². The van der Waals surface area contributed by atoms with Crippen molar-refractivity contribution < 1.29 is 14.3 Å². The predicted molar refractivity (Wildman–Crippen MR) is 93.3 cm³/mol. The Hall–Kier alpha value is -2.59. The van der Waals surface area contributed by atoms with Crippen LogP contribution in [-0.2, 0) is 9.47 Å². The minimum Gasteiger partial charge on any atom is -0.462 e. The molecule has 0 bridgehead atoms. The zero-order valence-corrected chi connectivity index (χ0v) is 13.9. The van der Waals surface area contributed by atoms with Gasteiger partial charge in [-0.15, -0.1) is 0 Å². The summed E-state index contributed by atoms with van der Waals surface area (Å²) in [5.41, 5.74) is 3.44. The Kier molecular flexibility index (Phi) is 4.96. The summed E-state index contributed by atoms with van der Waals surface area (Å²) >= 11 is 0. The number of rotatable bonds is 6. The van der Waals surface area contributed by atoms with Gasteiger partial charge in [-0.2, -0.15) is 0 Å². The van der Waals surface area contributed by atoms with Crippen LogP contribution in [0.4, 0.5) is 0 Å². The fraction of sp³-hybridized carbons (Fsp3) is 0.250. The molecule has 2 aromatic heterocycles. The van der Waals surface area contributed by atoms with Gasteiger partial charge in [0.25, 0.3) is 0 Å². The predicted octanol–water partition coefficient (Wildman–Crippen LogP) is 4.24. The van der Waals surface area contributed by atoms with E-state index in [-0.39, 0.29) is 12.1 Å². The van der Waals surface area contributed by atoms with Crippen molar-refractivity contribution in [3.63, 3.8) is 0 Å². The number of hydrogen-bond donors (Lipinski definition) is 0. The first-order valence-electron chi connectivity index (χ1n) is 8.19. The summed E-state index contributed by atoms with van der Waals surface area (Å²) in [4.78, 5) is 12.2. The van der Waals surface area contributed by atoms with E-state index in [1.54, 1.807) is 0 Å². The van der Waals surface area contributed by atoms with E-state index in [9.17, 15) is 4.79 Å². The Morgan fingerprint density at radius 1 is 1.04 bits per heavy atom. The van der Waals surface area contributed by atoms with Gasteiger partial charge in [-0.05, 0) is 43.7 Å². The summed E-state index contributed by atoms with van der Waals surface area (Å²) < 4.78 is 13.2. The standard InChI is InChI=1S/C20H21NO3/c1-3-23-19(15-9-6-5-7-10-15)18-14-16(20(22)24-4-2)13-17-11-8-12-21(17)18/h5-14,19H,3-4H2,1-2H3. The van der Waals surface area contributed by atoms with Crippen LogP contribution in [0, 0.1) is 0 Å². The fourth-order valence-corrected chi connectivity index (χ4v) is 2.86. The van der Waals surface area contributed by atoms with Crippen molar-refractivity contribution in [3.8, 4) is 0 Å². The second-order valence-corrected chi connectivity index (χ2v) is 5.44. The smallest absolute Gasteiger partial charge is 0.338 e. The van der Waals surface area contributed by atoms with Crippen LogP contribution < -0.4 is 0 Å². The second-order valence-electron chi connectivity index (χ2n) is 5.44. The maximum atomic E-state index is 12.2. The number of carbonyl (C=O) groups excluding carboxylic acids is 1. The molecule has 24 heavy (non-hydrogen) atoms. The van der Waals surface area contributed by atoms with Crippen LogP contribution in [0.2, 0.25) is 0 Å². The number of nitrogens with zero attached hydrogens (tertiary/aromatic N) is 1. The van der Waals surface area contributed by atoms with Gasteiger partial charge in [-0.25, -0.2) is 4.79 Å². The highest BCUT2D eigenvalue weighted by Crippen LogP contribution is 2.28. The van der Waals surface area contributed by atoms with Crippen LogP contribution in [0.5, 0.6) is 0 Å². The van der Waals surface area contributed by atoms with Gasteiger partial charge in [0.05, 0.1) is 17.9 Å². The first-order chi connectivity index (χ1) is 11.7. The molecule has 1 atom stereocenters. The first-order valence-corrected chi connectivity index (χ1v) is 8.19. The number of benzene rings is 1. The van der Waals surface area contributed by atoms with E-state index in [1.165, 1.54) is 0 Å². The highest BCUT2D eigenvalue weighted by atomic mass is 16.5. The van der Waals surface area contributed by atoms with Crippen LogP contribution in [0.1, 0.15) is 41.6 Å². The molecule has 0 radical (unpaired) electrons. The molecule has 4 nitrogen and oxygen atoms in total. The van der Waals surface area contributed by atoms with Crippen molar-refractivity contribution in [2.24, 2.45) is 0 Å². The molecule has 0 amide bonds. The topological polar surface area (TPSA) is 39.9 Å². The number of fused-ring (bicyclic) bond motifs is 1. The quantitative estimate of drug-likeness (QED) is 0.637. The minimum atomic E-state index is -0.314. The van der Waals surface area contributed by atoms with Gasteiger partial charge in [-0.3, -0.25) is 0 Å². The molecule has 124 valence electrons. The lowest BCUT2D eigenvalue weighted by atomic mass is 10.0. The summed E-state index contributed by atoms with van der Waals surface area (Å²) in [5, 5.41) is 0. The van der Waals surface area contributed by atoms with Gasteiger partial charge in [0, 0.05) is 18.3 Å². The average molecular weight is 323 g/mol. The largest absolute Gasteiger partial charge is 0.462 e. The Bertz CT molecular complexity index is 823. The second kappa shape index (κ2) is 7.32. The third-order valence-electron chi connectivity index (χ3n) is 3.88. The van der Waals surface area contributed by atoms with E-state index < -0.39 is 0 Å². The molecule has 0 saturated carbocycles. The average Bonchev–Trinajstić information content (AvgIpc) is 3.08. The highest BCUT2D eigenvalue weighted by Gasteiger charge is 2.20. The summed E-state index contributed by atoms with van der Waals surface area (Å²) in [6, 6.07) is 17.7. The van der Waals surface area contributed by atoms with Crippen molar-refractivity contribution >= 4 is 11.5 Å². The minimum absolute atomic E-state index is 0.250. The van der Waals surface area contributed by atoms with E-state index in [0.717, 1.165) is 16.8 Å². The Morgan fingerprint density at radius 3 is 2.54 bits per heavy atom. The third-order valence-corrected chi connectivity index (χ3v) is 3.88. The first kappa shape index (κ1) is 16.3. The molecule has 4 heteroatoms. The van der Waals surface area contributed by atoms with E-state index in [2.05, 4.69) is 4.40 Å². The maximum Gasteiger partial charge on any atom is 0.338 e. The molecule has 1 aromatic carbocycles. The van der Waals surface area contributed by atoms with Crippen molar-refractivity contribution in [1.29, 1.82) is 0 Å². The van der Waals surface area contributed by atoms with Gasteiger partial charge in [0.1, 0.15) is 6.10 Å². The summed E-state index contributed by atoms with van der Waals surface area (Å²) in [6.07, 6.45) is 1.73. The van der Waals surface area contributed by atoms with E-state index >= 15 is 0 Å². The lowest BCUT2D eigenvalue weighted by Gasteiger charge is -2.20. The summed E-state index contributed by atoms with van der Waals surface area (Å²) in [7, 11) is 0. The molecule has 0 N–H and O–H groups in total. The van der Waals surface area contributed by atoms with Crippen molar-refractivity contribution in [1.82, 2.24) is 4.40 Å². The van der Waals surface area contributed by atoms with Crippen molar-refractivity contribution in [2.45, 2.75) is 20.0 Å². The zero-order chi connectivity index (χ0) is 16.9. The summed E-state index contributed by atoms with van der Waals surface area (Å²) in [5.74, 6) is -0.314. The SMILES string of the molecule is CCOC(=O)c1cc(C(OCC)c2ccccc2)n2cccc2c1. The Morgan fingerprint density at radius 2 is 1.83 bits per heavy atom. The van der Waals surface area contributed by atoms with Gasteiger partial charge >= 0.3 is 5.97 Å². The van der Waals surface area contributed by atoms with Gasteiger partial charge in [0.15, 0.2) is 0 Å². The third kappa shape index (κ3) is 3.19. The number of hydrogen-bond acceptors (Lipinski definition) is 3. The molecule has 2 heterocycles. The Labute approximate surface area is 141 Å². The molecule has 0 aliphatic carbocycles. The number of carbonyl (C=O) groups is 1. The molecular weight excluding hydrogens is 302 g/mol. The maximum absolute atomic E-state index is 12.2.